The van der Waals surface area contributed by atoms with Crippen LogP contribution in [0.15, 0.2) is 11.8 Å². The lowest BCUT2D eigenvalue weighted by Crippen LogP contribution is -2.53. The van der Waals surface area contributed by atoms with Crippen LogP contribution in [0.3, 0.4) is 0 Å². The molecule has 144 valence electrons. The zero-order chi connectivity index (χ0) is 19.5. The first kappa shape index (κ1) is 20.0. The lowest BCUT2D eigenvalue weighted by atomic mass is 10.1. The van der Waals surface area contributed by atoms with Crippen molar-refractivity contribution in [2.45, 2.75) is 37.4 Å². The average molecular weight is 379 g/mol. The Balaban J connectivity index is 2.05. The molecule has 4 atom stereocenters. The van der Waals surface area contributed by atoms with Gasteiger partial charge in [0.1, 0.15) is 17.9 Å². The summed E-state index contributed by atoms with van der Waals surface area (Å²) in [5.74, 6) is 1.54. The highest BCUT2D eigenvalue weighted by atomic mass is 19.4. The van der Waals surface area contributed by atoms with Crippen molar-refractivity contribution in [2.24, 2.45) is 0 Å². The van der Waals surface area contributed by atoms with E-state index >= 15 is 0 Å². The molecule has 1 saturated heterocycles. The fraction of sp³-hybridized carbons (Fsp3) is 0.571. The van der Waals surface area contributed by atoms with Gasteiger partial charge in [-0.05, 0) is 0 Å². The van der Waals surface area contributed by atoms with Gasteiger partial charge in [-0.2, -0.15) is 13.2 Å². The first-order valence-corrected chi connectivity index (χ1v) is 7.40. The number of aliphatic hydroxyl groups excluding tert-OH is 3. The first-order chi connectivity index (χ1) is 12.1. The van der Waals surface area contributed by atoms with Crippen molar-refractivity contribution in [1.29, 1.82) is 0 Å². The van der Waals surface area contributed by atoms with Crippen LogP contribution in [-0.4, -0.2) is 76.1 Å². The number of carbonyl (C=O) groups is 2. The molecule has 0 spiro atoms. The summed E-state index contributed by atoms with van der Waals surface area (Å²) in [6.45, 7) is -1.08. The van der Waals surface area contributed by atoms with Crippen molar-refractivity contribution < 1.29 is 42.8 Å². The van der Waals surface area contributed by atoms with E-state index in [4.69, 9.17) is 9.84 Å². The predicted octanol–water partition coefficient (Wildman–Crippen LogP) is -2.27. The van der Waals surface area contributed by atoms with Gasteiger partial charge in [-0.25, -0.2) is 0 Å². The van der Waals surface area contributed by atoms with Crippen molar-refractivity contribution in [1.82, 2.24) is 15.5 Å². The highest BCUT2D eigenvalue weighted by molar-refractivity contribution is 5.98. The van der Waals surface area contributed by atoms with Gasteiger partial charge in [0.2, 0.25) is 6.35 Å². The third-order valence-electron chi connectivity index (χ3n) is 3.60. The van der Waals surface area contributed by atoms with Crippen LogP contribution in [0.1, 0.15) is 6.42 Å². The smallest absolute Gasteiger partial charge is 0.394 e. The number of carbonyl (C=O) groups excluding carboxylic acids is 2. The van der Waals surface area contributed by atoms with Gasteiger partial charge in [-0.1, -0.05) is 11.8 Å². The highest BCUT2D eigenvalue weighted by Gasteiger charge is 2.40. The largest absolute Gasteiger partial charge is 0.471 e. The summed E-state index contributed by atoms with van der Waals surface area (Å²) in [4.78, 5) is 23.5. The Morgan fingerprint density at radius 2 is 2.15 bits per heavy atom. The Labute approximate surface area is 145 Å². The molecule has 0 aliphatic carbocycles. The molecule has 4 unspecified atom stereocenters. The van der Waals surface area contributed by atoms with E-state index in [1.165, 1.54) is 5.32 Å². The Morgan fingerprint density at radius 3 is 2.73 bits per heavy atom. The summed E-state index contributed by atoms with van der Waals surface area (Å²) in [5, 5.41) is 32.4. The monoisotopic (exact) mass is 379 g/mol. The number of ether oxygens (including phenoxy) is 1. The van der Waals surface area contributed by atoms with Crippen molar-refractivity contribution in [3.8, 4) is 11.8 Å². The van der Waals surface area contributed by atoms with Gasteiger partial charge in [-0.3, -0.25) is 9.59 Å². The van der Waals surface area contributed by atoms with Gasteiger partial charge >= 0.3 is 12.1 Å². The summed E-state index contributed by atoms with van der Waals surface area (Å²) >= 11 is 0. The van der Waals surface area contributed by atoms with Crippen LogP contribution in [0.25, 0.3) is 0 Å². The maximum Gasteiger partial charge on any atom is 0.471 e. The van der Waals surface area contributed by atoms with E-state index in [0.717, 1.165) is 11.1 Å². The number of hydrogen-bond donors (Lipinski definition) is 5. The zero-order valence-corrected chi connectivity index (χ0v) is 13.2. The standard InChI is InChI=1S/C14H16F3N3O6/c15-14(16,17)12(24)18-3-1-2-7-5-20(13(25)19-11(7)23)10-4-8(22)9(6-21)26-10/h5,8-10,13,21-22,25H,3-4,6H2,(H,18,24)(H,19,23). The number of halogens is 3. The van der Waals surface area contributed by atoms with Crippen LogP contribution in [0.4, 0.5) is 13.2 Å². The fourth-order valence-electron chi connectivity index (χ4n) is 2.30. The molecule has 26 heavy (non-hydrogen) atoms. The normalized spacial score (nSPS) is 28.8. The molecule has 2 heterocycles. The van der Waals surface area contributed by atoms with Crippen LogP contribution >= 0.6 is 0 Å². The molecule has 0 aromatic heterocycles. The van der Waals surface area contributed by atoms with E-state index in [-0.39, 0.29) is 12.0 Å². The van der Waals surface area contributed by atoms with Crippen LogP contribution in [0, 0.1) is 11.8 Å². The minimum Gasteiger partial charge on any atom is -0.394 e. The fourth-order valence-corrected chi connectivity index (χ4v) is 2.30. The number of nitrogens with one attached hydrogen (secondary N) is 2. The molecule has 2 aliphatic rings. The Kier molecular flexibility index (Phi) is 6.09. The number of hydrogen-bond acceptors (Lipinski definition) is 7. The van der Waals surface area contributed by atoms with Gasteiger partial charge in [0.25, 0.3) is 5.91 Å². The summed E-state index contributed by atoms with van der Waals surface area (Å²) in [7, 11) is 0. The molecule has 12 heteroatoms. The number of alkyl halides is 3. The molecule has 1 fully saturated rings. The van der Waals surface area contributed by atoms with E-state index in [1.54, 1.807) is 0 Å². The lowest BCUT2D eigenvalue weighted by molar-refractivity contribution is -0.173. The molecule has 2 amide bonds. The molecule has 0 bridgehead atoms. The first-order valence-electron chi connectivity index (χ1n) is 7.40. The Hall–Kier alpha value is -2.33. The van der Waals surface area contributed by atoms with Crippen LogP contribution in [-0.2, 0) is 14.3 Å². The van der Waals surface area contributed by atoms with Crippen LogP contribution < -0.4 is 10.6 Å². The Bertz CT molecular complexity index is 657. The Morgan fingerprint density at radius 1 is 1.46 bits per heavy atom. The third-order valence-corrected chi connectivity index (χ3v) is 3.60. The molecule has 5 N–H and O–H groups in total. The molecule has 0 radical (unpaired) electrons. The van der Waals surface area contributed by atoms with Crippen LogP contribution in [0.2, 0.25) is 0 Å². The zero-order valence-electron chi connectivity index (χ0n) is 13.2. The highest BCUT2D eigenvalue weighted by Crippen LogP contribution is 2.26. The second kappa shape index (κ2) is 7.92. The molecule has 0 saturated carbocycles. The minimum absolute atomic E-state index is 0.0387. The van der Waals surface area contributed by atoms with Crippen molar-refractivity contribution in [3.05, 3.63) is 11.8 Å². The number of rotatable bonds is 3. The third kappa shape index (κ3) is 4.64. The van der Waals surface area contributed by atoms with Crippen molar-refractivity contribution in [3.63, 3.8) is 0 Å². The topological polar surface area (TPSA) is 131 Å². The second-order valence-corrected chi connectivity index (χ2v) is 5.43. The molecule has 2 rings (SSSR count). The maximum absolute atomic E-state index is 12.0. The molecule has 0 aromatic rings. The summed E-state index contributed by atoms with van der Waals surface area (Å²) in [6, 6.07) is 0. The van der Waals surface area contributed by atoms with Gasteiger partial charge < -0.3 is 35.6 Å². The minimum atomic E-state index is -5.03. The van der Waals surface area contributed by atoms with Crippen molar-refractivity contribution >= 4 is 11.8 Å². The molecular weight excluding hydrogens is 363 g/mol. The number of aliphatic hydroxyl groups is 3. The van der Waals surface area contributed by atoms with E-state index in [9.17, 15) is 33.0 Å². The molecule has 0 aromatic carbocycles. The van der Waals surface area contributed by atoms with E-state index in [1.807, 2.05) is 0 Å². The average Bonchev–Trinajstić information content (AvgIpc) is 2.92. The quantitative estimate of drug-likeness (QED) is 0.350. The molecule has 2 aliphatic heterocycles. The lowest BCUT2D eigenvalue weighted by Gasteiger charge is -2.35. The second-order valence-electron chi connectivity index (χ2n) is 5.43. The number of amides is 2. The van der Waals surface area contributed by atoms with Gasteiger partial charge in [-0.15, -0.1) is 0 Å². The van der Waals surface area contributed by atoms with E-state index < -0.39 is 55.9 Å². The molecular formula is C14H16F3N3O6. The predicted molar refractivity (Wildman–Crippen MR) is 77.3 cm³/mol. The van der Waals surface area contributed by atoms with E-state index in [2.05, 4.69) is 17.2 Å². The summed E-state index contributed by atoms with van der Waals surface area (Å²) in [5.41, 5.74) is -0.193. The van der Waals surface area contributed by atoms with Gasteiger partial charge in [0.15, 0.2) is 0 Å². The van der Waals surface area contributed by atoms with Gasteiger partial charge in [0, 0.05) is 12.6 Å². The maximum atomic E-state index is 12.0. The molecule has 9 nitrogen and oxygen atoms in total. The van der Waals surface area contributed by atoms with Gasteiger partial charge in [0.05, 0.1) is 19.3 Å². The van der Waals surface area contributed by atoms with E-state index in [0.29, 0.717) is 0 Å². The summed E-state index contributed by atoms with van der Waals surface area (Å²) < 4.78 is 41.4. The van der Waals surface area contributed by atoms with Crippen molar-refractivity contribution in [2.75, 3.05) is 13.2 Å². The van der Waals surface area contributed by atoms with Crippen LogP contribution in [0.5, 0.6) is 0 Å². The SMILES string of the molecule is O=C1NC(O)N(C2CC(O)C(CO)O2)C=C1C#CCNC(=O)C(F)(F)F. The number of nitrogens with zero attached hydrogens (tertiary/aromatic N) is 1. The summed E-state index contributed by atoms with van der Waals surface area (Å²) in [6.07, 6.45) is -8.04.